The van der Waals surface area contributed by atoms with Gasteiger partial charge in [0.1, 0.15) is 6.29 Å². The lowest BCUT2D eigenvalue weighted by Gasteiger charge is -2.20. The zero-order valence-corrected chi connectivity index (χ0v) is 12.8. The summed E-state index contributed by atoms with van der Waals surface area (Å²) in [6.45, 7) is 0.780. The molecule has 0 saturated heterocycles. The number of aldehydes is 1. The number of benzene rings is 1. The van der Waals surface area contributed by atoms with E-state index in [0.717, 1.165) is 22.3 Å². The summed E-state index contributed by atoms with van der Waals surface area (Å²) in [5, 5.41) is 2.70. The molecule has 2 nitrogen and oxygen atoms in total. The standard InChI is InChI=1S/C13H11BrClNOS/c1-16(6-10-5-13(14)18-8-10)12-3-2-9(7-17)4-11(12)15/h2-5,7-8H,6H2,1H3. The summed E-state index contributed by atoms with van der Waals surface area (Å²) in [5.74, 6) is 0. The predicted molar refractivity (Wildman–Crippen MR) is 81.0 cm³/mol. The van der Waals surface area contributed by atoms with Gasteiger partial charge in [-0.2, -0.15) is 0 Å². The molecule has 94 valence electrons. The first-order valence-electron chi connectivity index (χ1n) is 5.29. The molecule has 0 aliphatic carbocycles. The van der Waals surface area contributed by atoms with Crippen molar-refractivity contribution in [2.45, 2.75) is 6.54 Å². The molecule has 18 heavy (non-hydrogen) atoms. The van der Waals surface area contributed by atoms with Gasteiger partial charge >= 0.3 is 0 Å². The lowest BCUT2D eigenvalue weighted by Crippen LogP contribution is -2.16. The average molecular weight is 345 g/mol. The summed E-state index contributed by atoms with van der Waals surface area (Å²) in [5.41, 5.74) is 2.74. The van der Waals surface area contributed by atoms with Crippen LogP contribution in [0.25, 0.3) is 0 Å². The summed E-state index contributed by atoms with van der Waals surface area (Å²) < 4.78 is 1.12. The Morgan fingerprint density at radius 3 is 2.78 bits per heavy atom. The highest BCUT2D eigenvalue weighted by atomic mass is 79.9. The van der Waals surface area contributed by atoms with Gasteiger partial charge in [-0.1, -0.05) is 11.6 Å². The lowest BCUT2D eigenvalue weighted by atomic mass is 10.2. The molecule has 1 aromatic heterocycles. The SMILES string of the molecule is CN(Cc1csc(Br)c1)c1ccc(C=O)cc1Cl. The maximum absolute atomic E-state index is 10.7. The molecule has 2 rings (SSSR count). The van der Waals surface area contributed by atoms with Gasteiger partial charge in [0.2, 0.25) is 0 Å². The van der Waals surface area contributed by atoms with Crippen LogP contribution >= 0.6 is 38.9 Å². The van der Waals surface area contributed by atoms with E-state index < -0.39 is 0 Å². The number of carbonyl (C=O) groups excluding carboxylic acids is 1. The number of thiophene rings is 1. The summed E-state index contributed by atoms with van der Waals surface area (Å²) in [4.78, 5) is 12.7. The zero-order valence-electron chi connectivity index (χ0n) is 9.69. The Labute approximate surface area is 123 Å². The van der Waals surface area contributed by atoms with Crippen LogP contribution in [0, 0.1) is 0 Å². The first-order chi connectivity index (χ1) is 8.60. The van der Waals surface area contributed by atoms with Crippen LogP contribution in [-0.4, -0.2) is 13.3 Å². The van der Waals surface area contributed by atoms with Gasteiger partial charge in [-0.25, -0.2) is 0 Å². The molecule has 5 heteroatoms. The van der Waals surface area contributed by atoms with Crippen LogP contribution in [0.1, 0.15) is 15.9 Å². The second kappa shape index (κ2) is 5.87. The van der Waals surface area contributed by atoms with Crippen molar-refractivity contribution in [3.05, 3.63) is 49.6 Å². The Bertz CT molecular complexity index is 570. The van der Waals surface area contributed by atoms with Crippen molar-refractivity contribution in [1.29, 1.82) is 0 Å². The fraction of sp³-hybridized carbons (Fsp3) is 0.154. The highest BCUT2D eigenvalue weighted by Gasteiger charge is 2.08. The molecule has 0 saturated carbocycles. The van der Waals surface area contributed by atoms with E-state index in [1.807, 2.05) is 13.1 Å². The third-order valence-electron chi connectivity index (χ3n) is 2.56. The van der Waals surface area contributed by atoms with Gasteiger partial charge in [-0.15, -0.1) is 11.3 Å². The number of carbonyl (C=O) groups is 1. The first kappa shape index (κ1) is 13.6. The van der Waals surface area contributed by atoms with Crippen LogP contribution in [0.4, 0.5) is 5.69 Å². The highest BCUT2D eigenvalue weighted by Crippen LogP contribution is 2.28. The molecule has 1 heterocycles. The maximum atomic E-state index is 10.7. The summed E-state index contributed by atoms with van der Waals surface area (Å²) in [6.07, 6.45) is 0.797. The Kier molecular flexibility index (Phi) is 4.43. The van der Waals surface area contributed by atoms with E-state index in [4.69, 9.17) is 11.6 Å². The minimum absolute atomic E-state index is 0.593. The van der Waals surface area contributed by atoms with Crippen LogP contribution < -0.4 is 4.90 Å². The van der Waals surface area contributed by atoms with E-state index >= 15 is 0 Å². The molecule has 0 aliphatic heterocycles. The van der Waals surface area contributed by atoms with Gasteiger partial charge in [0.25, 0.3) is 0 Å². The van der Waals surface area contributed by atoms with Gasteiger partial charge in [0, 0.05) is 19.2 Å². The Morgan fingerprint density at radius 1 is 1.44 bits per heavy atom. The normalized spacial score (nSPS) is 10.4. The molecule has 0 unspecified atom stereocenters. The Hall–Kier alpha value is -0.840. The summed E-state index contributed by atoms with van der Waals surface area (Å²) in [7, 11) is 1.98. The molecule has 0 radical (unpaired) electrons. The first-order valence-corrected chi connectivity index (χ1v) is 7.34. The van der Waals surface area contributed by atoms with Crippen LogP contribution in [0.2, 0.25) is 5.02 Å². The third kappa shape index (κ3) is 3.13. The fourth-order valence-electron chi connectivity index (χ4n) is 1.69. The van der Waals surface area contributed by atoms with Gasteiger partial charge in [-0.3, -0.25) is 4.79 Å². The van der Waals surface area contributed by atoms with Crippen molar-refractivity contribution < 1.29 is 4.79 Å². The molecule has 0 aliphatic rings. The molecule has 1 aromatic carbocycles. The largest absolute Gasteiger partial charge is 0.369 e. The van der Waals surface area contributed by atoms with Gasteiger partial charge in [0.15, 0.2) is 0 Å². The number of halogens is 2. The number of hydrogen-bond donors (Lipinski definition) is 0. The smallest absolute Gasteiger partial charge is 0.150 e. The zero-order chi connectivity index (χ0) is 13.1. The predicted octanol–water partition coefficient (Wildman–Crippen LogP) is 4.61. The molecule has 0 fully saturated rings. The van der Waals surface area contributed by atoms with Crippen LogP contribution in [0.3, 0.4) is 0 Å². The van der Waals surface area contributed by atoms with Crippen molar-refractivity contribution in [3.63, 3.8) is 0 Å². The monoisotopic (exact) mass is 343 g/mol. The molecule has 0 atom stereocenters. The summed E-state index contributed by atoms with van der Waals surface area (Å²) in [6, 6.07) is 7.42. The molecule has 0 bridgehead atoms. The fourth-order valence-corrected chi connectivity index (χ4v) is 3.23. The number of anilines is 1. The minimum Gasteiger partial charge on any atom is -0.369 e. The summed E-state index contributed by atoms with van der Waals surface area (Å²) >= 11 is 11.3. The van der Waals surface area contributed by atoms with Crippen molar-refractivity contribution >= 4 is 50.8 Å². The molecular weight excluding hydrogens is 334 g/mol. The molecular formula is C13H11BrClNOS. The number of rotatable bonds is 4. The van der Waals surface area contributed by atoms with Crippen LogP contribution in [0.5, 0.6) is 0 Å². The van der Waals surface area contributed by atoms with E-state index in [1.165, 1.54) is 5.56 Å². The Balaban J connectivity index is 2.18. The van der Waals surface area contributed by atoms with Gasteiger partial charge < -0.3 is 4.90 Å². The van der Waals surface area contributed by atoms with E-state index in [1.54, 1.807) is 23.5 Å². The topological polar surface area (TPSA) is 20.3 Å². The van der Waals surface area contributed by atoms with Crippen LogP contribution in [0.15, 0.2) is 33.4 Å². The second-order valence-corrected chi connectivity index (χ2v) is 6.64. The molecule has 0 N–H and O–H groups in total. The van der Waals surface area contributed by atoms with Crippen molar-refractivity contribution in [2.24, 2.45) is 0 Å². The van der Waals surface area contributed by atoms with Crippen molar-refractivity contribution in [1.82, 2.24) is 0 Å². The second-order valence-electron chi connectivity index (χ2n) is 3.94. The van der Waals surface area contributed by atoms with Crippen molar-refractivity contribution in [2.75, 3.05) is 11.9 Å². The van der Waals surface area contributed by atoms with E-state index in [-0.39, 0.29) is 0 Å². The van der Waals surface area contributed by atoms with E-state index in [0.29, 0.717) is 10.6 Å². The number of hydrogen-bond acceptors (Lipinski definition) is 3. The van der Waals surface area contributed by atoms with Gasteiger partial charge in [-0.05, 0) is 51.1 Å². The quantitative estimate of drug-likeness (QED) is 0.755. The minimum atomic E-state index is 0.593. The van der Waals surface area contributed by atoms with Gasteiger partial charge in [0.05, 0.1) is 14.5 Å². The van der Waals surface area contributed by atoms with Crippen molar-refractivity contribution in [3.8, 4) is 0 Å². The van der Waals surface area contributed by atoms with E-state index in [2.05, 4.69) is 32.3 Å². The highest BCUT2D eigenvalue weighted by molar-refractivity contribution is 9.11. The maximum Gasteiger partial charge on any atom is 0.150 e. The Morgan fingerprint density at radius 2 is 2.22 bits per heavy atom. The molecule has 0 spiro atoms. The van der Waals surface area contributed by atoms with Crippen LogP contribution in [-0.2, 0) is 6.54 Å². The third-order valence-corrected chi connectivity index (χ3v) is 4.42. The molecule has 0 amide bonds. The lowest BCUT2D eigenvalue weighted by molar-refractivity contribution is 0.112. The molecule has 2 aromatic rings. The average Bonchev–Trinajstić information content (AvgIpc) is 2.74. The number of nitrogens with zero attached hydrogens (tertiary/aromatic N) is 1. The van der Waals surface area contributed by atoms with E-state index in [9.17, 15) is 4.79 Å².